The molecule has 118 valence electrons. The van der Waals surface area contributed by atoms with Gasteiger partial charge in [-0.2, -0.15) is 0 Å². The first-order chi connectivity index (χ1) is 11.2. The molecule has 0 unspecified atom stereocenters. The summed E-state index contributed by atoms with van der Waals surface area (Å²) >= 11 is 5.70. The zero-order valence-corrected chi connectivity index (χ0v) is 12.0. The maximum absolute atomic E-state index is 13.2. The number of benzene rings is 1. The lowest BCUT2D eigenvalue weighted by Crippen LogP contribution is -2.17. The molecule has 1 aromatic carbocycles. The van der Waals surface area contributed by atoms with Crippen molar-refractivity contribution in [3.8, 4) is 0 Å². The SMILES string of the molecule is O/N=C(/Nc1ccc(F)c(Cl)c1)c1nonc1Cn1cnnn1. The Morgan fingerprint density at radius 1 is 1.43 bits per heavy atom. The highest BCUT2D eigenvalue weighted by Crippen LogP contribution is 2.20. The minimum atomic E-state index is -0.567. The van der Waals surface area contributed by atoms with Crippen LogP contribution < -0.4 is 5.32 Å². The maximum Gasteiger partial charge on any atom is 0.201 e. The Hall–Kier alpha value is -3.08. The zero-order chi connectivity index (χ0) is 16.2. The molecular formula is C11H8ClFN8O2. The van der Waals surface area contributed by atoms with Crippen molar-refractivity contribution < 1.29 is 14.2 Å². The summed E-state index contributed by atoms with van der Waals surface area (Å²) in [5.41, 5.74) is 0.856. The van der Waals surface area contributed by atoms with Crippen LogP contribution in [0.5, 0.6) is 0 Å². The Morgan fingerprint density at radius 2 is 2.30 bits per heavy atom. The number of hydrogen-bond donors (Lipinski definition) is 2. The van der Waals surface area contributed by atoms with Crippen LogP contribution in [0.15, 0.2) is 34.3 Å². The lowest BCUT2D eigenvalue weighted by atomic mass is 10.2. The summed E-state index contributed by atoms with van der Waals surface area (Å²) in [4.78, 5) is 0. The second-order valence-corrected chi connectivity index (χ2v) is 4.68. The van der Waals surface area contributed by atoms with Crippen LogP contribution in [0.25, 0.3) is 0 Å². The molecule has 2 aromatic heterocycles. The minimum absolute atomic E-state index is 0.0583. The van der Waals surface area contributed by atoms with E-state index in [2.05, 4.69) is 40.9 Å². The van der Waals surface area contributed by atoms with E-state index >= 15 is 0 Å². The molecule has 3 aromatic rings. The summed E-state index contributed by atoms with van der Waals surface area (Å²) < 4.78 is 19.2. The van der Waals surface area contributed by atoms with Crippen molar-refractivity contribution in [2.24, 2.45) is 5.16 Å². The van der Waals surface area contributed by atoms with E-state index in [-0.39, 0.29) is 23.1 Å². The number of rotatable bonds is 4. The number of nitrogens with one attached hydrogen (secondary N) is 1. The summed E-state index contributed by atoms with van der Waals surface area (Å²) in [5, 5.41) is 33.0. The number of aromatic nitrogens is 6. The van der Waals surface area contributed by atoms with Crippen LogP contribution in [0.1, 0.15) is 11.4 Å². The fourth-order valence-corrected chi connectivity index (χ4v) is 1.92. The molecule has 0 spiro atoms. The molecule has 23 heavy (non-hydrogen) atoms. The fraction of sp³-hybridized carbons (Fsp3) is 0.0909. The highest BCUT2D eigenvalue weighted by atomic mass is 35.5. The quantitative estimate of drug-likeness (QED) is 0.314. The van der Waals surface area contributed by atoms with E-state index in [9.17, 15) is 9.60 Å². The normalized spacial score (nSPS) is 11.7. The van der Waals surface area contributed by atoms with Gasteiger partial charge in [0, 0.05) is 5.69 Å². The smallest absolute Gasteiger partial charge is 0.201 e. The van der Waals surface area contributed by atoms with Crippen LogP contribution >= 0.6 is 11.6 Å². The second kappa shape index (κ2) is 6.36. The molecule has 0 saturated carbocycles. The van der Waals surface area contributed by atoms with E-state index in [1.54, 1.807) is 0 Å². The van der Waals surface area contributed by atoms with Crippen molar-refractivity contribution in [3.05, 3.63) is 46.8 Å². The molecule has 0 aliphatic rings. The highest BCUT2D eigenvalue weighted by molar-refractivity contribution is 6.31. The molecule has 0 radical (unpaired) electrons. The Morgan fingerprint density at radius 3 is 3.00 bits per heavy atom. The van der Waals surface area contributed by atoms with Gasteiger partial charge in [0.15, 0.2) is 5.69 Å². The predicted molar refractivity (Wildman–Crippen MR) is 74.6 cm³/mol. The van der Waals surface area contributed by atoms with Gasteiger partial charge < -0.3 is 10.5 Å². The van der Waals surface area contributed by atoms with E-state index in [1.807, 2.05) is 0 Å². The summed E-state index contributed by atoms with van der Waals surface area (Å²) in [6.45, 7) is 0.150. The van der Waals surface area contributed by atoms with Gasteiger partial charge in [0.05, 0.1) is 11.6 Å². The molecule has 0 bridgehead atoms. The molecule has 0 aliphatic carbocycles. The van der Waals surface area contributed by atoms with Crippen LogP contribution in [-0.4, -0.2) is 41.6 Å². The third kappa shape index (κ3) is 3.23. The summed E-state index contributed by atoms with van der Waals surface area (Å²) in [6, 6.07) is 3.92. The first-order valence-corrected chi connectivity index (χ1v) is 6.52. The van der Waals surface area contributed by atoms with Gasteiger partial charge in [0.25, 0.3) is 0 Å². The van der Waals surface area contributed by atoms with Crippen molar-refractivity contribution in [2.45, 2.75) is 6.54 Å². The molecule has 0 amide bonds. The Kier molecular flexibility index (Phi) is 4.10. The average Bonchev–Trinajstić information content (AvgIpc) is 3.21. The molecule has 10 nitrogen and oxygen atoms in total. The largest absolute Gasteiger partial charge is 0.409 e. The molecule has 12 heteroatoms. The zero-order valence-electron chi connectivity index (χ0n) is 11.3. The van der Waals surface area contributed by atoms with Crippen molar-refractivity contribution in [2.75, 3.05) is 5.32 Å². The van der Waals surface area contributed by atoms with E-state index in [0.717, 1.165) is 0 Å². The van der Waals surface area contributed by atoms with Gasteiger partial charge in [-0.05, 0) is 33.8 Å². The van der Waals surface area contributed by atoms with Crippen molar-refractivity contribution in [1.29, 1.82) is 0 Å². The van der Waals surface area contributed by atoms with E-state index < -0.39 is 5.82 Å². The van der Waals surface area contributed by atoms with Gasteiger partial charge in [0.1, 0.15) is 17.8 Å². The van der Waals surface area contributed by atoms with Gasteiger partial charge >= 0.3 is 0 Å². The highest BCUT2D eigenvalue weighted by Gasteiger charge is 2.18. The standard InChI is InChI=1S/C11H8ClFN8O2/c12-7-3-6(1-2-8(7)13)15-11(16-22)10-9(17-23-18-10)4-21-5-14-19-20-21/h1-3,5,22H,4H2,(H,15,16). The van der Waals surface area contributed by atoms with Crippen LogP contribution in [0, 0.1) is 5.82 Å². The van der Waals surface area contributed by atoms with Gasteiger partial charge in [0.2, 0.25) is 5.84 Å². The molecule has 0 fully saturated rings. The lowest BCUT2D eigenvalue weighted by molar-refractivity contribution is 0.300. The second-order valence-electron chi connectivity index (χ2n) is 4.27. The van der Waals surface area contributed by atoms with E-state index in [4.69, 9.17) is 11.6 Å². The Balaban J connectivity index is 1.84. The molecule has 0 atom stereocenters. The first-order valence-electron chi connectivity index (χ1n) is 6.14. The molecule has 3 rings (SSSR count). The predicted octanol–water partition coefficient (Wildman–Crippen LogP) is 1.14. The van der Waals surface area contributed by atoms with Crippen molar-refractivity contribution >= 4 is 23.1 Å². The Labute approximate surface area is 132 Å². The molecule has 0 saturated heterocycles. The van der Waals surface area contributed by atoms with Gasteiger partial charge in [-0.25, -0.2) is 13.7 Å². The first kappa shape index (κ1) is 14.8. The molecule has 0 aliphatic heterocycles. The topological polar surface area (TPSA) is 127 Å². The van der Waals surface area contributed by atoms with Crippen LogP contribution in [0.3, 0.4) is 0 Å². The number of oxime groups is 1. The minimum Gasteiger partial charge on any atom is -0.409 e. The molecule has 2 heterocycles. The number of tetrazole rings is 1. The van der Waals surface area contributed by atoms with E-state index in [0.29, 0.717) is 11.4 Å². The third-order valence-electron chi connectivity index (χ3n) is 2.77. The van der Waals surface area contributed by atoms with Crippen LogP contribution in [0.2, 0.25) is 5.02 Å². The number of halogens is 2. The average molecular weight is 339 g/mol. The molecular weight excluding hydrogens is 331 g/mol. The van der Waals surface area contributed by atoms with Gasteiger partial charge in [-0.1, -0.05) is 21.9 Å². The third-order valence-corrected chi connectivity index (χ3v) is 3.06. The van der Waals surface area contributed by atoms with Crippen molar-refractivity contribution in [3.63, 3.8) is 0 Å². The van der Waals surface area contributed by atoms with Crippen LogP contribution in [-0.2, 0) is 6.54 Å². The maximum atomic E-state index is 13.2. The fourth-order valence-electron chi connectivity index (χ4n) is 1.74. The number of hydrogen-bond acceptors (Lipinski definition) is 8. The van der Waals surface area contributed by atoms with Gasteiger partial charge in [-0.15, -0.1) is 5.10 Å². The van der Waals surface area contributed by atoms with Gasteiger partial charge in [-0.3, -0.25) is 0 Å². The van der Waals surface area contributed by atoms with E-state index in [1.165, 1.54) is 29.2 Å². The lowest BCUT2D eigenvalue weighted by Gasteiger charge is -2.07. The van der Waals surface area contributed by atoms with Crippen molar-refractivity contribution in [1.82, 2.24) is 30.5 Å². The Bertz CT molecular complexity index is 834. The monoisotopic (exact) mass is 338 g/mol. The summed E-state index contributed by atoms with van der Waals surface area (Å²) in [6.07, 6.45) is 1.38. The molecule has 2 N–H and O–H groups in total. The number of nitrogens with zero attached hydrogens (tertiary/aromatic N) is 7. The summed E-state index contributed by atoms with van der Waals surface area (Å²) in [7, 11) is 0. The van der Waals surface area contributed by atoms with Crippen LogP contribution in [0.4, 0.5) is 10.1 Å². The number of anilines is 1. The number of amidine groups is 1. The summed E-state index contributed by atoms with van der Waals surface area (Å²) in [5.74, 6) is -0.626.